The molecular weight excluding hydrogens is 426 g/mol. The van der Waals surface area contributed by atoms with Gasteiger partial charge in [-0.3, -0.25) is 0 Å². The zero-order chi connectivity index (χ0) is 19.6. The monoisotopic (exact) mass is 465 g/mol. The van der Waals surface area contributed by atoms with Crippen LogP contribution in [0.4, 0.5) is 0 Å². The minimum atomic E-state index is 0.00694. The molecule has 27 heavy (non-hydrogen) atoms. The molecule has 1 aliphatic carbocycles. The Labute approximate surface area is 181 Å². The normalized spacial score (nSPS) is 28.8. The molecule has 0 aromatic rings. The molecule has 0 bridgehead atoms. The predicted octanol–water partition coefficient (Wildman–Crippen LogP) is 1.00. The average Bonchev–Trinajstić information content (AvgIpc) is 2.68. The van der Waals surface area contributed by atoms with Crippen LogP contribution in [0.25, 0.3) is 0 Å². The molecule has 2 rings (SSSR count). The number of nitrogens with one attached hydrogen (secondary N) is 6. The Balaban J connectivity index is 0.00000114. The van der Waals surface area contributed by atoms with Crippen LogP contribution in [0.15, 0.2) is 0 Å². The number of halogens is 2. The van der Waals surface area contributed by atoms with Gasteiger partial charge in [0.15, 0.2) is 0 Å². The summed E-state index contributed by atoms with van der Waals surface area (Å²) in [6, 6.07) is 1.85. The van der Waals surface area contributed by atoms with Crippen LogP contribution in [0.5, 0.6) is 0 Å². The van der Waals surface area contributed by atoms with E-state index in [1.54, 1.807) is 0 Å². The molecule has 6 N–H and O–H groups in total. The molecule has 1 saturated heterocycles. The first kappa shape index (κ1) is 25.9. The molecule has 2 fully saturated rings. The van der Waals surface area contributed by atoms with Crippen molar-refractivity contribution in [2.75, 3.05) is 59.4 Å². The van der Waals surface area contributed by atoms with Crippen molar-refractivity contribution in [3.63, 3.8) is 0 Å². The predicted molar refractivity (Wildman–Crippen MR) is 114 cm³/mol. The first-order valence-corrected chi connectivity index (χ1v) is 13.7. The van der Waals surface area contributed by atoms with E-state index < -0.39 is 0 Å². The van der Waals surface area contributed by atoms with E-state index in [0.717, 1.165) is 52.4 Å². The van der Waals surface area contributed by atoms with Crippen LogP contribution >= 0.6 is 20.2 Å². The summed E-state index contributed by atoms with van der Waals surface area (Å²) in [6.07, 6.45) is 7.85. The summed E-state index contributed by atoms with van der Waals surface area (Å²) in [5.74, 6) is 0. The van der Waals surface area contributed by atoms with Gasteiger partial charge in [0, 0.05) is 63.9 Å². The molecule has 0 unspecified atom stereocenters. The molecule has 0 amide bonds. The molecule has 163 valence electrons. The second kappa shape index (κ2) is 18.9. The fourth-order valence-electron chi connectivity index (χ4n) is 3.85. The second-order valence-corrected chi connectivity index (χ2v) is 9.26. The number of fused-ring (bicyclic) bond motifs is 1. The van der Waals surface area contributed by atoms with Gasteiger partial charge in [-0.05, 0) is 39.3 Å². The molecule has 0 radical (unpaired) electrons. The van der Waals surface area contributed by atoms with E-state index in [-0.39, 0.29) is 13.1 Å². The van der Waals surface area contributed by atoms with Crippen molar-refractivity contribution in [1.29, 1.82) is 0 Å². The molecule has 0 aromatic heterocycles. The quantitative estimate of drug-likeness (QED) is 0.275. The van der Waals surface area contributed by atoms with E-state index in [9.17, 15) is 0 Å². The summed E-state index contributed by atoms with van der Waals surface area (Å²) in [7, 11) is 11.6. The maximum absolute atomic E-state index is 4.80. The van der Waals surface area contributed by atoms with Crippen molar-refractivity contribution in [3.8, 4) is 0 Å². The molecule has 1 heterocycles. The summed E-state index contributed by atoms with van der Waals surface area (Å²) in [4.78, 5) is 0. The first-order chi connectivity index (χ1) is 13.3. The summed E-state index contributed by atoms with van der Waals surface area (Å²) in [5.41, 5.74) is 0. The Bertz CT molecular complexity index is 330. The van der Waals surface area contributed by atoms with Gasteiger partial charge in [-0.25, -0.2) is 0 Å². The van der Waals surface area contributed by atoms with Crippen LogP contribution in [-0.4, -0.2) is 77.5 Å². The third-order valence-corrected chi connectivity index (χ3v) is 5.29. The van der Waals surface area contributed by atoms with E-state index in [0.29, 0.717) is 18.1 Å². The van der Waals surface area contributed by atoms with E-state index in [1.165, 1.54) is 38.5 Å². The van der Waals surface area contributed by atoms with Crippen LogP contribution in [-0.2, 0) is 13.1 Å². The Morgan fingerprint density at radius 3 is 2.04 bits per heavy atom. The molecule has 2 aliphatic rings. The zero-order valence-electron chi connectivity index (χ0n) is 16.8. The minimum absolute atomic E-state index is 0.00694. The maximum atomic E-state index is 4.80. The van der Waals surface area contributed by atoms with E-state index in [4.69, 9.17) is 20.2 Å². The van der Waals surface area contributed by atoms with Crippen molar-refractivity contribution < 1.29 is 13.1 Å². The summed E-state index contributed by atoms with van der Waals surface area (Å²) in [5, 5.41) is 21.7. The SMILES string of the molecule is CNCCC[C@H]1CN[C@@H]2CCCC[C@H]2NCCNCCNCCN1.[Cl][Mn][Cl]. The van der Waals surface area contributed by atoms with Gasteiger partial charge in [0.25, 0.3) is 0 Å². The molecule has 6 nitrogen and oxygen atoms in total. The van der Waals surface area contributed by atoms with Gasteiger partial charge in [0.05, 0.1) is 0 Å². The third-order valence-electron chi connectivity index (χ3n) is 5.29. The molecule has 0 aromatic carbocycles. The standard InChI is InChI=1S/C18H40N6.2ClH.Mn/c1-19-8-4-5-16-15-24-18-7-3-2-6-17(18)23-14-12-21-10-9-20-11-13-22-16;;;/h16-24H,2-15H2,1H3;2*1H;/q;;;+2/p-2/t16-,17+,18+;;;/m0.../s1. The van der Waals surface area contributed by atoms with Crippen LogP contribution in [0.2, 0.25) is 0 Å². The Kier molecular flexibility index (Phi) is 18.1. The van der Waals surface area contributed by atoms with E-state index in [1.807, 2.05) is 7.05 Å². The molecule has 1 saturated carbocycles. The number of rotatable bonds is 4. The number of hydrogen-bond acceptors (Lipinski definition) is 6. The average molecular weight is 466 g/mol. The van der Waals surface area contributed by atoms with Crippen LogP contribution < -0.4 is 31.9 Å². The first-order valence-electron chi connectivity index (χ1n) is 10.4. The van der Waals surface area contributed by atoms with Gasteiger partial charge in [-0.15, -0.1) is 0 Å². The van der Waals surface area contributed by atoms with Crippen LogP contribution in [0.1, 0.15) is 38.5 Å². The van der Waals surface area contributed by atoms with Crippen molar-refractivity contribution in [2.24, 2.45) is 0 Å². The molecule has 9 heteroatoms. The second-order valence-electron chi connectivity index (χ2n) is 7.31. The van der Waals surface area contributed by atoms with Crippen molar-refractivity contribution in [2.45, 2.75) is 56.7 Å². The Morgan fingerprint density at radius 1 is 0.852 bits per heavy atom. The molecule has 0 spiro atoms. The van der Waals surface area contributed by atoms with Crippen molar-refractivity contribution in [1.82, 2.24) is 31.9 Å². The van der Waals surface area contributed by atoms with E-state index in [2.05, 4.69) is 31.9 Å². The Morgan fingerprint density at radius 2 is 1.41 bits per heavy atom. The summed E-state index contributed by atoms with van der Waals surface area (Å²) in [6.45, 7) is 8.55. The summed E-state index contributed by atoms with van der Waals surface area (Å²) < 4.78 is 0. The fraction of sp³-hybridized carbons (Fsp3) is 1.00. The van der Waals surface area contributed by atoms with Gasteiger partial charge >= 0.3 is 33.3 Å². The zero-order valence-corrected chi connectivity index (χ0v) is 19.5. The van der Waals surface area contributed by atoms with Gasteiger partial charge in [-0.2, -0.15) is 0 Å². The van der Waals surface area contributed by atoms with Gasteiger partial charge in [-0.1, -0.05) is 12.8 Å². The fourth-order valence-corrected chi connectivity index (χ4v) is 3.85. The third kappa shape index (κ3) is 13.7. The van der Waals surface area contributed by atoms with Gasteiger partial charge < -0.3 is 31.9 Å². The van der Waals surface area contributed by atoms with Gasteiger partial charge in [0.1, 0.15) is 0 Å². The molecular formula is C18H40Cl2MnN6. The van der Waals surface area contributed by atoms with Crippen LogP contribution in [0.3, 0.4) is 0 Å². The Hall–Kier alpha value is 0.859. The number of hydrogen-bond donors (Lipinski definition) is 6. The van der Waals surface area contributed by atoms with Crippen molar-refractivity contribution in [3.05, 3.63) is 0 Å². The van der Waals surface area contributed by atoms with Crippen LogP contribution in [0, 0.1) is 0 Å². The van der Waals surface area contributed by atoms with E-state index >= 15 is 0 Å². The van der Waals surface area contributed by atoms with Crippen molar-refractivity contribution >= 4 is 20.2 Å². The molecule has 1 aliphatic heterocycles. The van der Waals surface area contributed by atoms with Gasteiger partial charge in [0.2, 0.25) is 0 Å². The topological polar surface area (TPSA) is 72.2 Å². The summed E-state index contributed by atoms with van der Waals surface area (Å²) >= 11 is 0.00694. The molecule has 3 atom stereocenters.